The Hall–Kier alpha value is -3.89. The predicted molar refractivity (Wildman–Crippen MR) is 111 cm³/mol. The third-order valence-electron chi connectivity index (χ3n) is 5.18. The highest BCUT2D eigenvalue weighted by atomic mass is 16.1. The predicted octanol–water partition coefficient (Wildman–Crippen LogP) is 1.94. The van der Waals surface area contributed by atoms with E-state index >= 15 is 0 Å². The van der Waals surface area contributed by atoms with Gasteiger partial charge in [-0.2, -0.15) is 10.2 Å². The molecule has 0 radical (unpaired) electrons. The first-order chi connectivity index (χ1) is 14.6. The normalized spacial score (nSPS) is 15.7. The lowest BCUT2D eigenvalue weighted by atomic mass is 10.3. The standard InChI is InChI=1S/C10H11N5.C9H9N5O/c1-2-7-8-9(11)12-5-13-10(8)15(14-7)6-3-4-6;10-8-7-6(3-15)13-14(5-1-2-5)9(7)12-4-11-8/h2,5-6H,1,3-4H2,(H2,11,12,13);3-5H,1-2H2,(H2,10,11,12). The van der Waals surface area contributed by atoms with Crippen molar-refractivity contribution in [2.75, 3.05) is 11.5 Å². The third kappa shape index (κ3) is 2.95. The van der Waals surface area contributed by atoms with Gasteiger partial charge in [-0.25, -0.2) is 29.3 Å². The fraction of sp³-hybridized carbons (Fsp3) is 0.316. The minimum Gasteiger partial charge on any atom is -0.383 e. The first kappa shape index (κ1) is 18.2. The SMILES string of the molecule is C=Cc1nn(C2CC2)c2ncnc(N)c12.Nc1ncnc2c1c(C=O)nn2C1CC1. The number of anilines is 2. The molecule has 2 fully saturated rings. The van der Waals surface area contributed by atoms with Gasteiger partial charge >= 0.3 is 0 Å². The number of hydrogen-bond acceptors (Lipinski definition) is 9. The Morgan fingerprint density at radius 2 is 1.30 bits per heavy atom. The molecule has 0 aliphatic heterocycles. The molecule has 4 heterocycles. The van der Waals surface area contributed by atoms with Gasteiger partial charge in [-0.3, -0.25) is 4.79 Å². The fourth-order valence-electron chi connectivity index (χ4n) is 3.42. The Morgan fingerprint density at radius 1 is 0.833 bits per heavy atom. The molecule has 4 aromatic heterocycles. The molecule has 4 N–H and O–H groups in total. The molecule has 0 unspecified atom stereocenters. The van der Waals surface area contributed by atoms with Crippen LogP contribution in [0.3, 0.4) is 0 Å². The molecule has 0 atom stereocenters. The molecule has 0 saturated heterocycles. The first-order valence-corrected chi connectivity index (χ1v) is 9.67. The summed E-state index contributed by atoms with van der Waals surface area (Å²) >= 11 is 0. The van der Waals surface area contributed by atoms with Crippen molar-refractivity contribution in [1.29, 1.82) is 0 Å². The van der Waals surface area contributed by atoms with E-state index in [1.165, 1.54) is 12.7 Å². The van der Waals surface area contributed by atoms with Gasteiger partial charge in [0.25, 0.3) is 0 Å². The molecule has 30 heavy (non-hydrogen) atoms. The number of carbonyl (C=O) groups is 1. The fourth-order valence-corrected chi connectivity index (χ4v) is 3.42. The van der Waals surface area contributed by atoms with Crippen LogP contribution in [0, 0.1) is 0 Å². The van der Waals surface area contributed by atoms with E-state index in [4.69, 9.17) is 11.5 Å². The van der Waals surface area contributed by atoms with Crippen LogP contribution in [0.1, 0.15) is 53.9 Å². The van der Waals surface area contributed by atoms with Crippen molar-refractivity contribution in [1.82, 2.24) is 39.5 Å². The molecule has 6 rings (SSSR count). The molecule has 2 aliphatic carbocycles. The molecule has 0 spiro atoms. The van der Waals surface area contributed by atoms with Crippen molar-refractivity contribution in [3.8, 4) is 0 Å². The Balaban J connectivity index is 0.000000128. The number of rotatable bonds is 4. The molecule has 0 aromatic carbocycles. The van der Waals surface area contributed by atoms with Crippen LogP contribution in [0.25, 0.3) is 28.1 Å². The van der Waals surface area contributed by atoms with Crippen LogP contribution in [0.15, 0.2) is 19.2 Å². The van der Waals surface area contributed by atoms with Gasteiger partial charge < -0.3 is 11.5 Å². The summed E-state index contributed by atoms with van der Waals surface area (Å²) in [5.41, 5.74) is 14.1. The van der Waals surface area contributed by atoms with E-state index in [9.17, 15) is 4.79 Å². The second kappa shape index (κ2) is 6.87. The summed E-state index contributed by atoms with van der Waals surface area (Å²) in [4.78, 5) is 27.0. The second-order valence-electron chi connectivity index (χ2n) is 7.36. The summed E-state index contributed by atoms with van der Waals surface area (Å²) in [7, 11) is 0. The average molecular weight is 404 g/mol. The Kier molecular flexibility index (Phi) is 4.16. The van der Waals surface area contributed by atoms with E-state index < -0.39 is 0 Å². The number of aldehydes is 1. The maximum atomic E-state index is 10.8. The minimum atomic E-state index is 0.314. The number of fused-ring (bicyclic) bond motifs is 2. The van der Waals surface area contributed by atoms with Crippen molar-refractivity contribution in [2.45, 2.75) is 37.8 Å². The van der Waals surface area contributed by atoms with Crippen LogP contribution in [-0.4, -0.2) is 45.8 Å². The Bertz CT molecular complexity index is 1180. The maximum Gasteiger partial charge on any atom is 0.171 e. The second-order valence-corrected chi connectivity index (χ2v) is 7.36. The van der Waals surface area contributed by atoms with Gasteiger partial charge in [-0.1, -0.05) is 6.58 Å². The largest absolute Gasteiger partial charge is 0.383 e. The quantitative estimate of drug-likeness (QED) is 0.485. The van der Waals surface area contributed by atoms with Gasteiger partial charge in [0.2, 0.25) is 0 Å². The summed E-state index contributed by atoms with van der Waals surface area (Å²) in [5, 5.41) is 10.0. The molecule has 0 amide bonds. The molecule has 11 nitrogen and oxygen atoms in total. The van der Waals surface area contributed by atoms with Crippen LogP contribution < -0.4 is 11.5 Å². The monoisotopic (exact) mass is 404 g/mol. The number of nitrogen functional groups attached to an aromatic ring is 2. The molecule has 2 saturated carbocycles. The lowest BCUT2D eigenvalue weighted by Crippen LogP contribution is -1.98. The van der Waals surface area contributed by atoms with Gasteiger partial charge in [-0.05, 0) is 31.8 Å². The molecule has 2 aliphatic rings. The zero-order valence-corrected chi connectivity index (χ0v) is 16.1. The highest BCUT2D eigenvalue weighted by Gasteiger charge is 2.29. The summed E-state index contributed by atoms with van der Waals surface area (Å²) in [6.45, 7) is 3.73. The number of nitrogens with two attached hydrogens (primary N) is 2. The van der Waals surface area contributed by atoms with Gasteiger partial charge in [0.05, 0.1) is 28.6 Å². The highest BCUT2D eigenvalue weighted by Crippen LogP contribution is 2.38. The van der Waals surface area contributed by atoms with Crippen molar-refractivity contribution >= 4 is 46.1 Å². The summed E-state index contributed by atoms with van der Waals surface area (Å²) < 4.78 is 3.71. The van der Waals surface area contributed by atoms with Gasteiger partial charge in [0.1, 0.15) is 30.0 Å². The number of nitrogens with zero attached hydrogens (tertiary/aromatic N) is 8. The number of aromatic nitrogens is 8. The molecule has 152 valence electrons. The minimum absolute atomic E-state index is 0.314. The average Bonchev–Trinajstić information content (AvgIpc) is 3.69. The van der Waals surface area contributed by atoms with Gasteiger partial charge in [-0.15, -0.1) is 0 Å². The number of carbonyl (C=O) groups excluding carboxylic acids is 1. The summed E-state index contributed by atoms with van der Waals surface area (Å²) in [5.74, 6) is 0.788. The third-order valence-corrected chi connectivity index (χ3v) is 5.18. The van der Waals surface area contributed by atoms with Crippen LogP contribution >= 0.6 is 0 Å². The smallest absolute Gasteiger partial charge is 0.171 e. The maximum absolute atomic E-state index is 10.8. The van der Waals surface area contributed by atoms with E-state index in [1.54, 1.807) is 10.8 Å². The lowest BCUT2D eigenvalue weighted by Gasteiger charge is -1.98. The molecular formula is C19H20N10O. The lowest BCUT2D eigenvalue weighted by molar-refractivity contribution is 0.111. The first-order valence-electron chi connectivity index (χ1n) is 9.67. The van der Waals surface area contributed by atoms with Crippen LogP contribution in [-0.2, 0) is 0 Å². The van der Waals surface area contributed by atoms with Crippen LogP contribution in [0.5, 0.6) is 0 Å². The van der Waals surface area contributed by atoms with Crippen molar-refractivity contribution in [3.63, 3.8) is 0 Å². The van der Waals surface area contributed by atoms with E-state index in [0.29, 0.717) is 46.7 Å². The van der Waals surface area contributed by atoms with Gasteiger partial charge in [0.15, 0.2) is 17.6 Å². The zero-order valence-electron chi connectivity index (χ0n) is 16.1. The van der Waals surface area contributed by atoms with E-state index in [-0.39, 0.29) is 0 Å². The highest BCUT2D eigenvalue weighted by molar-refractivity contribution is 5.99. The molecule has 0 bridgehead atoms. The van der Waals surface area contributed by atoms with Crippen molar-refractivity contribution < 1.29 is 4.79 Å². The van der Waals surface area contributed by atoms with Crippen molar-refractivity contribution in [2.24, 2.45) is 0 Å². The Labute approximate surface area is 170 Å². The van der Waals surface area contributed by atoms with Gasteiger partial charge in [0, 0.05) is 0 Å². The summed E-state index contributed by atoms with van der Waals surface area (Å²) in [6, 6.07) is 0.853. The van der Waals surface area contributed by atoms with Crippen LogP contribution in [0.2, 0.25) is 0 Å². The summed E-state index contributed by atoms with van der Waals surface area (Å²) in [6.07, 6.45) is 9.76. The number of hydrogen-bond donors (Lipinski definition) is 2. The zero-order chi connectivity index (χ0) is 20.8. The molecular weight excluding hydrogens is 384 g/mol. The Morgan fingerprint density at radius 3 is 1.73 bits per heavy atom. The van der Waals surface area contributed by atoms with Crippen LogP contribution in [0.4, 0.5) is 11.6 Å². The van der Waals surface area contributed by atoms with Crippen molar-refractivity contribution in [3.05, 3.63) is 30.6 Å². The van der Waals surface area contributed by atoms with E-state index in [0.717, 1.165) is 42.4 Å². The molecule has 4 aromatic rings. The topological polar surface area (TPSA) is 156 Å². The molecule has 11 heteroatoms. The van der Waals surface area contributed by atoms with E-state index in [2.05, 4.69) is 36.7 Å². The van der Waals surface area contributed by atoms with E-state index in [1.807, 2.05) is 4.68 Å².